The number of carbonyl (C=O) groups excluding carboxylic acids is 1. The summed E-state index contributed by atoms with van der Waals surface area (Å²) in [4.78, 5) is 26.3. The average Bonchev–Trinajstić information content (AvgIpc) is 3.09. The zero-order valence-electron chi connectivity index (χ0n) is 21.6. The maximum atomic E-state index is 14.5. The van der Waals surface area contributed by atoms with Gasteiger partial charge < -0.3 is 15.8 Å². The Balaban J connectivity index is 1.49. The molecule has 2 aliphatic rings. The van der Waals surface area contributed by atoms with Gasteiger partial charge in [-0.05, 0) is 57.1 Å². The SMILES string of the molecule is CN=CC(=CN)c1cc2c(nc1C)NC1(CCCC(C(=O)[C@H](C)c3cc(OC)ncc3F)CC1)CC2. The van der Waals surface area contributed by atoms with Crippen molar-refractivity contribution in [2.75, 3.05) is 19.5 Å². The smallest absolute Gasteiger partial charge is 0.213 e. The highest BCUT2D eigenvalue weighted by molar-refractivity contribution is 6.10. The molecule has 2 unspecified atom stereocenters. The maximum absolute atomic E-state index is 14.5. The van der Waals surface area contributed by atoms with Crippen molar-refractivity contribution in [2.45, 2.75) is 70.3 Å². The van der Waals surface area contributed by atoms with E-state index >= 15 is 0 Å². The summed E-state index contributed by atoms with van der Waals surface area (Å²) in [6, 6.07) is 3.70. The van der Waals surface area contributed by atoms with E-state index in [1.807, 2.05) is 6.92 Å². The van der Waals surface area contributed by atoms with Crippen molar-refractivity contribution in [3.63, 3.8) is 0 Å². The van der Waals surface area contributed by atoms with Gasteiger partial charge in [0.15, 0.2) is 0 Å². The molecule has 1 spiro atoms. The van der Waals surface area contributed by atoms with Gasteiger partial charge in [-0.2, -0.15) is 0 Å². The second kappa shape index (κ2) is 10.8. The van der Waals surface area contributed by atoms with E-state index in [-0.39, 0.29) is 17.2 Å². The summed E-state index contributed by atoms with van der Waals surface area (Å²) in [5.41, 5.74) is 10.0. The Hall–Kier alpha value is -3.29. The third-order valence-electron chi connectivity index (χ3n) is 7.85. The number of fused-ring (bicyclic) bond motifs is 1. The molecule has 1 aliphatic heterocycles. The highest BCUT2D eigenvalue weighted by Crippen LogP contribution is 2.42. The molecule has 1 saturated carbocycles. The number of anilines is 1. The number of rotatable bonds is 6. The predicted octanol–water partition coefficient (Wildman–Crippen LogP) is 4.98. The van der Waals surface area contributed by atoms with Gasteiger partial charge in [-0.3, -0.25) is 9.79 Å². The number of aliphatic imine (C=N–C) groups is 1. The van der Waals surface area contributed by atoms with Gasteiger partial charge in [-0.15, -0.1) is 0 Å². The number of nitrogens with two attached hydrogens (primary N) is 1. The predicted molar refractivity (Wildman–Crippen MR) is 141 cm³/mol. The summed E-state index contributed by atoms with van der Waals surface area (Å²) in [6.45, 7) is 3.77. The summed E-state index contributed by atoms with van der Waals surface area (Å²) in [7, 11) is 3.21. The molecule has 0 aromatic carbocycles. The van der Waals surface area contributed by atoms with Crippen LogP contribution in [0.5, 0.6) is 5.88 Å². The number of allylic oxidation sites excluding steroid dienone is 1. The van der Waals surface area contributed by atoms with Gasteiger partial charge in [0.2, 0.25) is 5.88 Å². The summed E-state index contributed by atoms with van der Waals surface area (Å²) in [6.07, 6.45) is 10.8. The minimum Gasteiger partial charge on any atom is -0.481 e. The fourth-order valence-electron chi connectivity index (χ4n) is 5.72. The first-order chi connectivity index (χ1) is 17.3. The van der Waals surface area contributed by atoms with Crippen LogP contribution < -0.4 is 15.8 Å². The minimum absolute atomic E-state index is 0.0746. The fourth-order valence-corrected chi connectivity index (χ4v) is 5.72. The van der Waals surface area contributed by atoms with Gasteiger partial charge >= 0.3 is 0 Å². The Labute approximate surface area is 212 Å². The number of aromatic nitrogens is 2. The Kier molecular flexibility index (Phi) is 7.71. The second-order valence-corrected chi connectivity index (χ2v) is 10.0. The maximum Gasteiger partial charge on any atom is 0.213 e. The number of ketones is 1. The van der Waals surface area contributed by atoms with E-state index in [9.17, 15) is 9.18 Å². The monoisotopic (exact) mass is 493 g/mol. The van der Waals surface area contributed by atoms with Crippen molar-refractivity contribution in [3.05, 3.63) is 52.7 Å². The van der Waals surface area contributed by atoms with Gasteiger partial charge in [0, 0.05) is 65.3 Å². The molecule has 7 nitrogen and oxygen atoms in total. The van der Waals surface area contributed by atoms with Crippen LogP contribution in [-0.4, -0.2) is 41.7 Å². The highest BCUT2D eigenvalue weighted by Gasteiger charge is 2.39. The lowest BCUT2D eigenvalue weighted by Gasteiger charge is -2.39. The van der Waals surface area contributed by atoms with Crippen LogP contribution in [0.3, 0.4) is 0 Å². The van der Waals surface area contributed by atoms with E-state index in [4.69, 9.17) is 15.5 Å². The van der Waals surface area contributed by atoms with Gasteiger partial charge in [0.25, 0.3) is 0 Å². The van der Waals surface area contributed by atoms with Crippen LogP contribution in [0.15, 0.2) is 29.5 Å². The number of Topliss-reactive ketones (excluding diaryl/α,β-unsaturated/α-hetero) is 1. The van der Waals surface area contributed by atoms with Crippen LogP contribution in [-0.2, 0) is 11.2 Å². The summed E-state index contributed by atoms with van der Waals surface area (Å²) < 4.78 is 19.6. The lowest BCUT2D eigenvalue weighted by Crippen LogP contribution is -2.42. The molecular formula is C28H36FN5O2. The number of hydrogen-bond donors (Lipinski definition) is 2. The second-order valence-electron chi connectivity index (χ2n) is 10.0. The highest BCUT2D eigenvalue weighted by atomic mass is 19.1. The molecule has 192 valence electrons. The Bertz CT molecular complexity index is 1190. The van der Waals surface area contributed by atoms with E-state index < -0.39 is 11.7 Å². The number of nitrogens with zero attached hydrogens (tertiary/aromatic N) is 3. The normalized spacial score (nSPS) is 23.1. The standard InChI is InChI=1S/C28H36FN5O2/c1-17(22-13-25(36-4)32-16-24(22)29)26(35)19-6-5-9-28(10-7-19)11-8-20-12-23(21(14-30)15-31-3)18(2)33-27(20)34-28/h12-17,19H,5-11,30H2,1-4H3,(H,33,34)/t17-,19?,28?/m1/s1. The number of halogens is 1. The lowest BCUT2D eigenvalue weighted by atomic mass is 9.80. The van der Waals surface area contributed by atoms with Gasteiger partial charge in [-0.1, -0.05) is 13.3 Å². The summed E-state index contributed by atoms with van der Waals surface area (Å²) in [5, 5.41) is 3.76. The van der Waals surface area contributed by atoms with Gasteiger partial charge in [0.1, 0.15) is 17.4 Å². The van der Waals surface area contributed by atoms with Crippen molar-refractivity contribution < 1.29 is 13.9 Å². The molecule has 0 radical (unpaired) electrons. The minimum atomic E-state index is -0.541. The summed E-state index contributed by atoms with van der Waals surface area (Å²) >= 11 is 0. The molecule has 4 rings (SSSR count). The third-order valence-corrected chi connectivity index (χ3v) is 7.85. The van der Waals surface area contributed by atoms with Crippen LogP contribution in [0.4, 0.5) is 10.2 Å². The van der Waals surface area contributed by atoms with E-state index in [0.717, 1.165) is 73.8 Å². The van der Waals surface area contributed by atoms with E-state index in [1.165, 1.54) is 18.7 Å². The Morgan fingerprint density at radius 2 is 2.14 bits per heavy atom. The van der Waals surface area contributed by atoms with Crippen molar-refractivity contribution in [2.24, 2.45) is 16.6 Å². The first kappa shape index (κ1) is 25.8. The van der Waals surface area contributed by atoms with Crippen LogP contribution in [0.25, 0.3) is 5.57 Å². The number of methoxy groups -OCH3 is 1. The lowest BCUT2D eigenvalue weighted by molar-refractivity contribution is -0.124. The molecule has 36 heavy (non-hydrogen) atoms. The van der Waals surface area contributed by atoms with Gasteiger partial charge in [-0.25, -0.2) is 14.4 Å². The molecule has 0 bridgehead atoms. The molecule has 0 saturated heterocycles. The first-order valence-electron chi connectivity index (χ1n) is 12.7. The molecule has 2 aromatic rings. The average molecular weight is 494 g/mol. The molecular weight excluding hydrogens is 457 g/mol. The molecule has 3 N–H and O–H groups in total. The Morgan fingerprint density at radius 3 is 2.86 bits per heavy atom. The first-order valence-corrected chi connectivity index (χ1v) is 12.7. The van der Waals surface area contributed by atoms with Crippen LogP contribution >= 0.6 is 0 Å². The quantitative estimate of drug-likeness (QED) is 0.550. The molecule has 3 heterocycles. The molecule has 8 heteroatoms. The fraction of sp³-hybridized carbons (Fsp3) is 0.500. The number of pyridine rings is 2. The van der Waals surface area contributed by atoms with Crippen molar-refractivity contribution in [3.8, 4) is 5.88 Å². The molecule has 1 fully saturated rings. The molecule has 0 amide bonds. The summed E-state index contributed by atoms with van der Waals surface area (Å²) in [5.74, 6) is 0.233. The zero-order valence-corrected chi connectivity index (χ0v) is 21.6. The van der Waals surface area contributed by atoms with Crippen molar-refractivity contribution in [1.82, 2.24) is 9.97 Å². The van der Waals surface area contributed by atoms with E-state index in [1.54, 1.807) is 26.4 Å². The number of nitrogens with one attached hydrogen (secondary N) is 1. The van der Waals surface area contributed by atoms with Crippen molar-refractivity contribution >= 4 is 23.4 Å². The van der Waals surface area contributed by atoms with E-state index in [2.05, 4.69) is 21.4 Å². The topological polar surface area (TPSA) is 102 Å². The van der Waals surface area contributed by atoms with Gasteiger partial charge in [0.05, 0.1) is 13.3 Å². The number of aryl methyl sites for hydroxylation is 2. The number of ether oxygens (including phenoxy) is 1. The number of carbonyl (C=O) groups is 1. The van der Waals surface area contributed by atoms with Crippen LogP contribution in [0, 0.1) is 18.7 Å². The number of hydrogen-bond acceptors (Lipinski definition) is 7. The molecule has 1 aliphatic carbocycles. The molecule has 2 aromatic heterocycles. The van der Waals surface area contributed by atoms with Crippen molar-refractivity contribution in [1.29, 1.82) is 0 Å². The Morgan fingerprint density at radius 1 is 1.33 bits per heavy atom. The largest absolute Gasteiger partial charge is 0.481 e. The zero-order chi connectivity index (χ0) is 25.9. The van der Waals surface area contributed by atoms with E-state index in [0.29, 0.717) is 11.4 Å². The van der Waals surface area contributed by atoms with Crippen LogP contribution in [0.2, 0.25) is 0 Å². The van der Waals surface area contributed by atoms with Crippen LogP contribution in [0.1, 0.15) is 73.8 Å². The third kappa shape index (κ3) is 5.13. The molecule has 3 atom stereocenters.